The van der Waals surface area contributed by atoms with Gasteiger partial charge in [-0.25, -0.2) is 4.79 Å². The lowest BCUT2D eigenvalue weighted by molar-refractivity contribution is -0.148. The van der Waals surface area contributed by atoms with Gasteiger partial charge in [0.05, 0.1) is 0 Å². The van der Waals surface area contributed by atoms with Crippen molar-refractivity contribution >= 4 is 11.9 Å². The molecule has 0 radical (unpaired) electrons. The van der Waals surface area contributed by atoms with Crippen molar-refractivity contribution < 1.29 is 14.7 Å². The number of amides is 1. The van der Waals surface area contributed by atoms with Gasteiger partial charge in [-0.1, -0.05) is 0 Å². The van der Waals surface area contributed by atoms with Crippen molar-refractivity contribution in [2.75, 3.05) is 6.54 Å². The van der Waals surface area contributed by atoms with Crippen LogP contribution in [0, 0.1) is 12.3 Å². The average molecular weight is 196 g/mol. The summed E-state index contributed by atoms with van der Waals surface area (Å²) >= 11 is 0. The molecule has 5 heteroatoms. The van der Waals surface area contributed by atoms with E-state index in [-0.39, 0.29) is 31.3 Å². The number of carboxylic acid groups (broad SMARTS) is 1. The van der Waals surface area contributed by atoms with Crippen molar-refractivity contribution in [2.24, 2.45) is 5.73 Å². The van der Waals surface area contributed by atoms with Crippen LogP contribution < -0.4 is 5.73 Å². The molecule has 1 fully saturated rings. The van der Waals surface area contributed by atoms with Crippen molar-refractivity contribution in [3.8, 4) is 12.3 Å². The fourth-order valence-corrected chi connectivity index (χ4v) is 1.50. The first kappa shape index (κ1) is 10.5. The number of nitrogens with zero attached hydrogens (tertiary/aromatic N) is 1. The zero-order valence-electron chi connectivity index (χ0n) is 7.64. The van der Waals surface area contributed by atoms with Crippen LogP contribution in [0.4, 0.5) is 0 Å². The SMILES string of the molecule is C#CC[C@@H](C(=O)O)N1CC(N)CC1=O. The molecule has 2 atom stereocenters. The Morgan fingerprint density at radius 1 is 1.86 bits per heavy atom. The smallest absolute Gasteiger partial charge is 0.327 e. The molecule has 0 aromatic heterocycles. The standard InChI is InChI=1S/C9H12N2O3/c1-2-3-7(9(13)14)11-5-6(10)4-8(11)12/h1,6-7H,3-5,10H2,(H,13,14)/t6?,7-/m0/s1. The molecular weight excluding hydrogens is 184 g/mol. The first-order valence-corrected chi connectivity index (χ1v) is 4.27. The van der Waals surface area contributed by atoms with Crippen LogP contribution in [0.5, 0.6) is 0 Å². The minimum Gasteiger partial charge on any atom is -0.480 e. The van der Waals surface area contributed by atoms with E-state index in [9.17, 15) is 9.59 Å². The van der Waals surface area contributed by atoms with Crippen LogP contribution in [0.15, 0.2) is 0 Å². The maximum absolute atomic E-state index is 11.3. The predicted octanol–water partition coefficient (Wildman–Crippen LogP) is -0.977. The number of nitrogens with two attached hydrogens (primary N) is 1. The number of rotatable bonds is 3. The molecule has 0 bridgehead atoms. The van der Waals surface area contributed by atoms with E-state index in [0.717, 1.165) is 0 Å². The quantitative estimate of drug-likeness (QED) is 0.568. The Morgan fingerprint density at radius 2 is 2.50 bits per heavy atom. The maximum atomic E-state index is 11.3. The molecule has 0 aliphatic carbocycles. The van der Waals surface area contributed by atoms with E-state index in [1.165, 1.54) is 4.90 Å². The highest BCUT2D eigenvalue weighted by atomic mass is 16.4. The Hall–Kier alpha value is -1.54. The molecular formula is C9H12N2O3. The first-order valence-electron chi connectivity index (χ1n) is 4.27. The van der Waals surface area contributed by atoms with Gasteiger partial charge in [0.1, 0.15) is 6.04 Å². The zero-order chi connectivity index (χ0) is 10.7. The van der Waals surface area contributed by atoms with Crippen LogP contribution in [-0.2, 0) is 9.59 Å². The van der Waals surface area contributed by atoms with E-state index in [0.29, 0.717) is 0 Å². The van der Waals surface area contributed by atoms with Crippen molar-refractivity contribution in [3.63, 3.8) is 0 Å². The van der Waals surface area contributed by atoms with Gasteiger partial charge in [-0.2, -0.15) is 0 Å². The molecule has 1 amide bonds. The molecule has 1 unspecified atom stereocenters. The Kier molecular flexibility index (Phi) is 3.10. The number of aliphatic carboxylic acids is 1. The van der Waals surface area contributed by atoms with Crippen molar-refractivity contribution in [1.29, 1.82) is 0 Å². The van der Waals surface area contributed by atoms with Crippen molar-refractivity contribution in [1.82, 2.24) is 4.90 Å². The van der Waals surface area contributed by atoms with Gasteiger partial charge < -0.3 is 15.7 Å². The summed E-state index contributed by atoms with van der Waals surface area (Å²) in [6.07, 6.45) is 5.26. The number of carbonyl (C=O) groups excluding carboxylic acids is 1. The maximum Gasteiger partial charge on any atom is 0.327 e. The number of carboxylic acids is 1. The van der Waals surface area contributed by atoms with Gasteiger partial charge in [0.2, 0.25) is 5.91 Å². The van der Waals surface area contributed by atoms with Gasteiger partial charge in [0.25, 0.3) is 0 Å². The summed E-state index contributed by atoms with van der Waals surface area (Å²) < 4.78 is 0. The van der Waals surface area contributed by atoms with E-state index in [2.05, 4.69) is 5.92 Å². The van der Waals surface area contributed by atoms with Gasteiger partial charge in [-0.05, 0) is 0 Å². The average Bonchev–Trinajstić information content (AvgIpc) is 2.40. The lowest BCUT2D eigenvalue weighted by atomic mass is 10.2. The summed E-state index contributed by atoms with van der Waals surface area (Å²) in [5, 5.41) is 8.84. The molecule has 5 nitrogen and oxygen atoms in total. The summed E-state index contributed by atoms with van der Waals surface area (Å²) in [5.74, 6) is 0.932. The zero-order valence-corrected chi connectivity index (χ0v) is 7.64. The lowest BCUT2D eigenvalue weighted by Crippen LogP contribution is -2.42. The molecule has 14 heavy (non-hydrogen) atoms. The molecule has 1 aliphatic heterocycles. The normalized spacial score (nSPS) is 23.3. The number of hydrogen-bond donors (Lipinski definition) is 2. The van der Waals surface area contributed by atoms with Crippen LogP contribution in [0.1, 0.15) is 12.8 Å². The Bertz CT molecular complexity index is 295. The second-order valence-electron chi connectivity index (χ2n) is 3.27. The molecule has 76 valence electrons. The number of likely N-dealkylation sites (tertiary alicyclic amines) is 1. The van der Waals surface area contributed by atoms with Crippen molar-refractivity contribution in [2.45, 2.75) is 24.9 Å². The summed E-state index contributed by atoms with van der Waals surface area (Å²) in [7, 11) is 0. The minimum absolute atomic E-state index is 0.0216. The molecule has 0 spiro atoms. The van der Waals surface area contributed by atoms with Crippen LogP contribution in [0.25, 0.3) is 0 Å². The second kappa shape index (κ2) is 4.11. The van der Waals surface area contributed by atoms with E-state index in [1.54, 1.807) is 0 Å². The van der Waals surface area contributed by atoms with Crippen LogP contribution >= 0.6 is 0 Å². The Balaban J connectivity index is 2.74. The Morgan fingerprint density at radius 3 is 2.86 bits per heavy atom. The predicted molar refractivity (Wildman–Crippen MR) is 49.2 cm³/mol. The largest absolute Gasteiger partial charge is 0.480 e. The topological polar surface area (TPSA) is 83.6 Å². The van der Waals surface area contributed by atoms with Crippen LogP contribution in [0.3, 0.4) is 0 Å². The molecule has 0 aromatic rings. The molecule has 1 saturated heterocycles. The summed E-state index contributed by atoms with van der Waals surface area (Å²) in [4.78, 5) is 23.4. The minimum atomic E-state index is -1.08. The van der Waals surface area contributed by atoms with Gasteiger partial charge >= 0.3 is 5.97 Å². The monoisotopic (exact) mass is 196 g/mol. The first-order chi connectivity index (χ1) is 6.56. The summed E-state index contributed by atoms with van der Waals surface area (Å²) in [6, 6.07) is -1.21. The fourth-order valence-electron chi connectivity index (χ4n) is 1.50. The molecule has 0 aromatic carbocycles. The van der Waals surface area contributed by atoms with E-state index >= 15 is 0 Å². The molecule has 0 saturated carbocycles. The van der Waals surface area contributed by atoms with E-state index in [1.807, 2.05) is 0 Å². The van der Waals surface area contributed by atoms with Gasteiger partial charge in [0, 0.05) is 25.4 Å². The van der Waals surface area contributed by atoms with E-state index < -0.39 is 12.0 Å². The second-order valence-corrected chi connectivity index (χ2v) is 3.27. The van der Waals surface area contributed by atoms with Crippen molar-refractivity contribution in [3.05, 3.63) is 0 Å². The molecule has 1 rings (SSSR count). The number of hydrogen-bond acceptors (Lipinski definition) is 3. The van der Waals surface area contributed by atoms with Gasteiger partial charge in [-0.3, -0.25) is 4.79 Å². The lowest BCUT2D eigenvalue weighted by Gasteiger charge is -2.22. The molecule has 1 aliphatic rings. The highest BCUT2D eigenvalue weighted by Gasteiger charge is 2.35. The molecule has 3 N–H and O–H groups in total. The van der Waals surface area contributed by atoms with Gasteiger partial charge in [0.15, 0.2) is 0 Å². The third-order valence-corrected chi connectivity index (χ3v) is 2.16. The van der Waals surface area contributed by atoms with Gasteiger partial charge in [-0.15, -0.1) is 12.3 Å². The highest BCUT2D eigenvalue weighted by Crippen LogP contribution is 2.15. The van der Waals surface area contributed by atoms with Crippen LogP contribution in [0.2, 0.25) is 0 Å². The highest BCUT2D eigenvalue weighted by molar-refractivity contribution is 5.85. The number of carbonyl (C=O) groups is 2. The fraction of sp³-hybridized carbons (Fsp3) is 0.556. The number of terminal acetylenes is 1. The Labute approximate surface area is 81.9 Å². The molecule has 1 heterocycles. The third-order valence-electron chi connectivity index (χ3n) is 2.16. The van der Waals surface area contributed by atoms with Crippen LogP contribution in [-0.4, -0.2) is 40.5 Å². The van der Waals surface area contributed by atoms with E-state index in [4.69, 9.17) is 17.3 Å². The summed E-state index contributed by atoms with van der Waals surface area (Å²) in [5.41, 5.74) is 5.54. The summed E-state index contributed by atoms with van der Waals surface area (Å²) in [6.45, 7) is 0.275. The third kappa shape index (κ3) is 2.03.